The molecular weight excluding hydrogens is 320 g/mol. The van der Waals surface area contributed by atoms with Crippen molar-refractivity contribution in [1.29, 1.82) is 0 Å². The monoisotopic (exact) mass is 354 g/mol. The average molecular weight is 354 g/mol. The molecule has 1 rings (SSSR count). The van der Waals surface area contributed by atoms with Gasteiger partial charge in [-0.25, -0.2) is 4.79 Å². The van der Waals surface area contributed by atoms with Crippen molar-refractivity contribution in [2.75, 3.05) is 0 Å². The lowest BCUT2D eigenvalue weighted by molar-refractivity contribution is -0.458. The van der Waals surface area contributed by atoms with Gasteiger partial charge in [0.2, 0.25) is 0 Å². The second kappa shape index (κ2) is 9.67. The van der Waals surface area contributed by atoms with Crippen LogP contribution < -0.4 is 16.2 Å². The summed E-state index contributed by atoms with van der Waals surface area (Å²) in [5.41, 5.74) is 3.39. The molecule has 0 aromatic rings. The Morgan fingerprint density at radius 2 is 1.84 bits per heavy atom. The zero-order valence-corrected chi connectivity index (χ0v) is 16.5. The number of hydrogen-bond acceptors (Lipinski definition) is 4. The minimum absolute atomic E-state index is 0.116. The number of amides is 1. The molecule has 0 aromatic carbocycles. The van der Waals surface area contributed by atoms with Crippen molar-refractivity contribution in [3.8, 4) is 12.3 Å². The van der Waals surface area contributed by atoms with Gasteiger partial charge in [0.05, 0.1) is 17.6 Å². The van der Waals surface area contributed by atoms with Crippen molar-refractivity contribution < 1.29 is 25.2 Å². The molecule has 0 saturated heterocycles. The zero-order chi connectivity index (χ0) is 19.8. The Balaban J connectivity index is 0.00000101. The Hall–Kier alpha value is -1.74. The third-order valence-electron chi connectivity index (χ3n) is 3.38. The first-order valence-corrected chi connectivity index (χ1v) is 8.72. The van der Waals surface area contributed by atoms with Gasteiger partial charge >= 0.3 is 6.09 Å². The predicted octanol–water partition coefficient (Wildman–Crippen LogP) is 1.10. The van der Waals surface area contributed by atoms with E-state index in [1.807, 2.05) is 0 Å². The number of rotatable bonds is 6. The number of quaternary nitrogens is 1. The molecule has 25 heavy (non-hydrogen) atoms. The molecule has 1 saturated carbocycles. The number of carboxylic acid groups (broad SMARTS) is 1. The molecule has 0 heterocycles. The van der Waals surface area contributed by atoms with E-state index in [9.17, 15) is 14.7 Å². The topological polar surface area (TPSA) is 106 Å². The van der Waals surface area contributed by atoms with Crippen LogP contribution in [-0.4, -0.2) is 29.7 Å². The molecule has 6 nitrogen and oxygen atoms in total. The number of hydrogen-bond donors (Lipinski definition) is 2. The average Bonchev–Trinajstić information content (AvgIpc) is 3.10. The lowest BCUT2D eigenvalue weighted by atomic mass is 9.87. The van der Waals surface area contributed by atoms with E-state index >= 15 is 0 Å². The van der Waals surface area contributed by atoms with E-state index in [2.05, 4.69) is 37.7 Å². The van der Waals surface area contributed by atoms with E-state index in [1.54, 1.807) is 20.8 Å². The van der Waals surface area contributed by atoms with Gasteiger partial charge in [-0.15, -0.1) is 12.3 Å². The summed E-state index contributed by atoms with van der Waals surface area (Å²) in [7, 11) is 0. The van der Waals surface area contributed by atoms with Crippen molar-refractivity contribution >= 4 is 12.1 Å². The number of terminal acetylenes is 1. The highest BCUT2D eigenvalue weighted by Crippen LogP contribution is 2.38. The summed E-state index contributed by atoms with van der Waals surface area (Å²) in [6.07, 6.45) is 7.77. The number of unbranched alkanes of at least 4 members (excludes halogenated alkanes) is 1. The van der Waals surface area contributed by atoms with Gasteiger partial charge in [0.15, 0.2) is 0 Å². The van der Waals surface area contributed by atoms with Crippen LogP contribution in [0, 0.1) is 23.7 Å². The van der Waals surface area contributed by atoms with Crippen LogP contribution in [0.5, 0.6) is 0 Å². The summed E-state index contributed by atoms with van der Waals surface area (Å²) in [5.74, 6) is 1.61. The molecule has 0 unspecified atom stereocenters. The maximum Gasteiger partial charge on any atom is 0.407 e. The molecule has 1 aliphatic carbocycles. The summed E-state index contributed by atoms with van der Waals surface area (Å²) in [5, 5.41) is 13.4. The SMILES string of the molecule is C#CCCC[C@@H]1C[C@H]1OC(=O)N[C@H](C(=O)[O-])C(C)(C)C.CC(C)(C)[NH3+]. The number of ether oxygens (including phenoxy) is 1. The fraction of sp³-hybridized carbons (Fsp3) is 0.789. The molecule has 0 aromatic heterocycles. The number of alkyl carbamates (subject to hydrolysis) is 1. The van der Waals surface area contributed by atoms with Crippen LogP contribution in [0.2, 0.25) is 0 Å². The molecule has 6 heteroatoms. The van der Waals surface area contributed by atoms with Crippen LogP contribution in [0.15, 0.2) is 0 Å². The highest BCUT2D eigenvalue weighted by molar-refractivity contribution is 5.79. The van der Waals surface area contributed by atoms with Crippen LogP contribution in [-0.2, 0) is 9.53 Å². The molecular formula is C19H34N2O4. The van der Waals surface area contributed by atoms with Crippen molar-refractivity contribution in [3.63, 3.8) is 0 Å². The number of carbonyl (C=O) groups excluding carboxylic acids is 2. The van der Waals surface area contributed by atoms with E-state index in [-0.39, 0.29) is 11.6 Å². The Kier molecular flexibility index (Phi) is 8.99. The number of carbonyl (C=O) groups is 2. The third-order valence-corrected chi connectivity index (χ3v) is 3.38. The highest BCUT2D eigenvalue weighted by atomic mass is 16.6. The van der Waals surface area contributed by atoms with E-state index in [1.165, 1.54) is 0 Å². The third kappa shape index (κ3) is 12.3. The van der Waals surface area contributed by atoms with Gasteiger partial charge in [0, 0.05) is 6.42 Å². The van der Waals surface area contributed by atoms with Gasteiger partial charge in [-0.05, 0) is 51.4 Å². The van der Waals surface area contributed by atoms with Gasteiger partial charge in [0.1, 0.15) is 6.10 Å². The summed E-state index contributed by atoms with van der Waals surface area (Å²) in [6.45, 7) is 11.4. The van der Waals surface area contributed by atoms with Gasteiger partial charge < -0.3 is 25.7 Å². The molecule has 0 spiro atoms. The van der Waals surface area contributed by atoms with Crippen LogP contribution >= 0.6 is 0 Å². The highest BCUT2D eigenvalue weighted by Gasteiger charge is 2.40. The summed E-state index contributed by atoms with van der Waals surface area (Å²) >= 11 is 0. The van der Waals surface area contributed by atoms with Gasteiger partial charge in [-0.1, -0.05) is 20.8 Å². The quantitative estimate of drug-likeness (QED) is 0.550. The van der Waals surface area contributed by atoms with Gasteiger partial charge in [-0.3, -0.25) is 0 Å². The number of carboxylic acids is 1. The predicted molar refractivity (Wildman–Crippen MR) is 95.1 cm³/mol. The second-order valence-electron chi connectivity index (χ2n) is 8.86. The standard InChI is InChI=1S/C15H23NO4.C4H11N/c1-5-6-7-8-10-9-11(10)20-14(19)16-12(13(17)18)15(2,3)4;1-4(2,3)5/h1,10-12H,6-9H2,2-4H3,(H,16,19)(H,17,18);5H2,1-3H3/t10-,11-,12-;/m1./s1. The summed E-state index contributed by atoms with van der Waals surface area (Å²) in [6, 6.07) is -1.08. The van der Waals surface area contributed by atoms with E-state index in [0.717, 1.165) is 25.7 Å². The molecule has 1 amide bonds. The van der Waals surface area contributed by atoms with Crippen LogP contribution in [0.25, 0.3) is 0 Å². The summed E-state index contributed by atoms with van der Waals surface area (Å²) < 4.78 is 5.19. The van der Waals surface area contributed by atoms with Crippen molar-refractivity contribution in [2.24, 2.45) is 11.3 Å². The molecule has 1 fully saturated rings. The smallest absolute Gasteiger partial charge is 0.407 e. The molecule has 3 atom stereocenters. The van der Waals surface area contributed by atoms with E-state index < -0.39 is 23.5 Å². The van der Waals surface area contributed by atoms with Crippen LogP contribution in [0.4, 0.5) is 4.79 Å². The maximum atomic E-state index is 11.7. The number of nitrogens with one attached hydrogen (secondary N) is 1. The molecule has 0 radical (unpaired) electrons. The fourth-order valence-electron chi connectivity index (χ4n) is 2.05. The van der Waals surface area contributed by atoms with Gasteiger partial charge in [-0.2, -0.15) is 0 Å². The second-order valence-corrected chi connectivity index (χ2v) is 8.86. The van der Waals surface area contributed by atoms with E-state index in [4.69, 9.17) is 11.2 Å². The number of aliphatic carboxylic acids is 1. The molecule has 144 valence electrons. The Morgan fingerprint density at radius 1 is 1.32 bits per heavy atom. The molecule has 1 aliphatic rings. The first-order valence-electron chi connectivity index (χ1n) is 8.72. The lowest BCUT2D eigenvalue weighted by Gasteiger charge is -2.31. The minimum Gasteiger partial charge on any atom is -0.548 e. The van der Waals surface area contributed by atoms with Crippen molar-refractivity contribution in [1.82, 2.24) is 5.32 Å². The maximum absolute atomic E-state index is 11.7. The summed E-state index contributed by atoms with van der Waals surface area (Å²) in [4.78, 5) is 22.7. The first-order chi connectivity index (χ1) is 11.3. The lowest BCUT2D eigenvalue weighted by Crippen LogP contribution is -2.67. The van der Waals surface area contributed by atoms with Crippen LogP contribution in [0.1, 0.15) is 67.2 Å². The fourth-order valence-corrected chi connectivity index (χ4v) is 2.05. The van der Waals surface area contributed by atoms with Crippen molar-refractivity contribution in [3.05, 3.63) is 0 Å². The Bertz CT molecular complexity index is 477. The van der Waals surface area contributed by atoms with Gasteiger partial charge in [0.25, 0.3) is 0 Å². The first kappa shape index (κ1) is 23.3. The Morgan fingerprint density at radius 3 is 2.24 bits per heavy atom. The van der Waals surface area contributed by atoms with E-state index in [0.29, 0.717) is 5.92 Å². The zero-order valence-electron chi connectivity index (χ0n) is 16.5. The molecule has 0 aliphatic heterocycles. The molecule has 0 bridgehead atoms. The van der Waals surface area contributed by atoms with Crippen molar-refractivity contribution in [2.45, 2.75) is 84.9 Å². The normalized spacial score (nSPS) is 20.4. The largest absolute Gasteiger partial charge is 0.548 e. The minimum atomic E-state index is -1.31. The van der Waals surface area contributed by atoms with Crippen LogP contribution in [0.3, 0.4) is 0 Å². The molecule has 4 N–H and O–H groups in total. The Labute approximate surface area is 151 Å².